The van der Waals surface area contributed by atoms with E-state index in [1.807, 2.05) is 80.5 Å². The molecule has 0 bridgehead atoms. The van der Waals surface area contributed by atoms with E-state index in [0.29, 0.717) is 81.9 Å². The van der Waals surface area contributed by atoms with Gasteiger partial charge in [0.15, 0.2) is 0 Å². The number of hydrogen-bond donors (Lipinski definition) is 0. The van der Waals surface area contributed by atoms with Crippen LogP contribution in [0.2, 0.25) is 0 Å². The monoisotopic (exact) mass is 1730 g/mol. The maximum atomic E-state index is 15.4. The molecule has 0 aliphatic heterocycles. The zero-order valence-corrected chi connectivity index (χ0v) is 76.5. The fourth-order valence-electron chi connectivity index (χ4n) is 14.7. The highest BCUT2D eigenvalue weighted by Gasteiger charge is 2.44. The maximum Gasteiger partial charge on any atom is 0.309 e. The van der Waals surface area contributed by atoms with Crippen molar-refractivity contribution in [3.05, 3.63) is 267 Å². The molecule has 0 N–H and O–H groups in total. The lowest BCUT2D eigenvalue weighted by Crippen LogP contribution is -2.39. The molecule has 650 valence electrons. The maximum absolute atomic E-state index is 15.4. The van der Waals surface area contributed by atoms with E-state index in [2.05, 4.69) is 0 Å². The van der Waals surface area contributed by atoms with Crippen molar-refractivity contribution in [2.45, 2.75) is 212 Å². The molecule has 123 heavy (non-hydrogen) atoms. The summed E-state index contributed by atoms with van der Waals surface area (Å²) in [4.78, 5) is 128. The third kappa shape index (κ3) is 22.7. The minimum atomic E-state index is -3.99. The van der Waals surface area contributed by atoms with Gasteiger partial charge >= 0.3 is 35.8 Å². The molecule has 9 aromatic carbocycles. The van der Waals surface area contributed by atoms with Crippen LogP contribution >= 0.6 is 21.4 Å². The van der Waals surface area contributed by atoms with Crippen LogP contribution < -0.4 is 46.0 Å². The standard InChI is InChI=1S/C99H113O21P3/c1-20-99(60-112-81(100)51-54-84(103)115-69(8)118-90-66(5)87(63(2)57-78(90)96(11,12)13)93(106)121(109,72-39-27-21-28-40-72)73-41-29-22-30-42-73,61-113-82(101)52-55-85(104)116-70(9)119-91-67(6)88(64(3)58-79(91)97(14,15)16)94(107)122(110,74-43-31-23-32-44-74)75-45-33-24-34-46-75)62-114-83(102)53-56-86(105)117-71(10)120-92-68(7)89(65(4)59-80(92)98(17,18)19)95(108)123(111,76-47-35-25-36-48-76)77-49-37-26-38-50-77/h21-50,57-59,69-71H,20,51-56,60-62H2,1-19H3. The van der Waals surface area contributed by atoms with Gasteiger partial charge in [0.25, 0.3) is 0 Å². The molecule has 0 heterocycles. The van der Waals surface area contributed by atoms with Crippen LogP contribution in [0.4, 0.5) is 0 Å². The Kier molecular flexibility index (Phi) is 31.5. The van der Waals surface area contributed by atoms with Gasteiger partial charge in [-0.05, 0) is 80.9 Å². The molecule has 21 nitrogen and oxygen atoms in total. The Morgan fingerprint density at radius 2 is 0.488 bits per heavy atom. The largest absolute Gasteiger partial charge is 0.465 e. The summed E-state index contributed by atoms with van der Waals surface area (Å²) in [6, 6.07) is 56.8. The van der Waals surface area contributed by atoms with E-state index in [4.69, 9.17) is 42.6 Å². The van der Waals surface area contributed by atoms with Gasteiger partial charge in [-0.1, -0.05) is 269 Å². The lowest BCUT2D eigenvalue weighted by Gasteiger charge is -2.31. The van der Waals surface area contributed by atoms with E-state index in [0.717, 1.165) is 0 Å². The third-order valence-corrected chi connectivity index (χ3v) is 30.0. The van der Waals surface area contributed by atoms with Crippen molar-refractivity contribution >= 4 is 106 Å². The predicted octanol–water partition coefficient (Wildman–Crippen LogP) is 18.5. The highest BCUT2D eigenvalue weighted by molar-refractivity contribution is 7.94. The van der Waals surface area contributed by atoms with Gasteiger partial charge in [0.2, 0.25) is 56.9 Å². The first-order valence-electron chi connectivity index (χ1n) is 41.2. The molecule has 0 saturated carbocycles. The van der Waals surface area contributed by atoms with Crippen molar-refractivity contribution in [2.75, 3.05) is 19.8 Å². The van der Waals surface area contributed by atoms with Gasteiger partial charge in [-0.2, -0.15) is 0 Å². The molecule has 0 fully saturated rings. The van der Waals surface area contributed by atoms with Gasteiger partial charge in [-0.25, -0.2) is 0 Å². The van der Waals surface area contributed by atoms with Crippen molar-refractivity contribution in [3.63, 3.8) is 0 Å². The number of benzene rings is 9. The summed E-state index contributed by atoms with van der Waals surface area (Å²) in [6.07, 6.45) is -6.97. The molecule has 0 aliphatic carbocycles. The van der Waals surface area contributed by atoms with Crippen LogP contribution in [-0.2, 0) is 87.1 Å². The Morgan fingerprint density at radius 3 is 0.667 bits per heavy atom. The number of carbonyl (C=O) groups excluding carboxylic acids is 9. The molecule has 9 rings (SSSR count). The van der Waals surface area contributed by atoms with Crippen LogP contribution in [0.1, 0.15) is 216 Å². The molecule has 0 spiro atoms. The van der Waals surface area contributed by atoms with Crippen LogP contribution in [0, 0.1) is 47.0 Å². The zero-order valence-electron chi connectivity index (χ0n) is 73.8. The summed E-state index contributed by atoms with van der Waals surface area (Å²) in [6.45, 7) is 32.4. The lowest BCUT2D eigenvalue weighted by molar-refractivity contribution is -0.170. The van der Waals surface area contributed by atoms with E-state index >= 15 is 28.1 Å². The van der Waals surface area contributed by atoms with Gasteiger partial charge in [0.1, 0.15) is 37.1 Å². The topological polar surface area (TPSA) is 288 Å². The highest BCUT2D eigenvalue weighted by atomic mass is 31.2. The number of esters is 6. The molecule has 0 aromatic heterocycles. The number of hydrogen-bond acceptors (Lipinski definition) is 21. The van der Waals surface area contributed by atoms with Crippen LogP contribution in [0.25, 0.3) is 0 Å². The summed E-state index contributed by atoms with van der Waals surface area (Å²) in [7, 11) is -12.0. The van der Waals surface area contributed by atoms with E-state index in [1.54, 1.807) is 230 Å². The average molecular weight is 1730 g/mol. The first-order valence-corrected chi connectivity index (χ1v) is 46.3. The molecule has 0 radical (unpaired) electrons. The second-order valence-corrected chi connectivity index (χ2v) is 42.1. The van der Waals surface area contributed by atoms with E-state index < -0.39 is 173 Å². The summed E-state index contributed by atoms with van der Waals surface area (Å²) in [5.74, 6) is -4.61. The summed E-state index contributed by atoms with van der Waals surface area (Å²) in [5, 5.41) is 2.09. The van der Waals surface area contributed by atoms with Crippen molar-refractivity contribution in [1.82, 2.24) is 0 Å². The van der Waals surface area contributed by atoms with Gasteiger partial charge in [-0.15, -0.1) is 0 Å². The quantitative estimate of drug-likeness (QED) is 0.0151. The summed E-state index contributed by atoms with van der Waals surface area (Å²) in [5.41, 5.74) is 0.330. The molecule has 3 atom stereocenters. The number of ether oxygens (including phenoxy) is 9. The molecular weight excluding hydrogens is 1620 g/mol. The summed E-state index contributed by atoms with van der Waals surface area (Å²) >= 11 is 0. The van der Waals surface area contributed by atoms with E-state index in [-0.39, 0.29) is 40.4 Å². The minimum Gasteiger partial charge on any atom is -0.465 e. The van der Waals surface area contributed by atoms with Gasteiger partial charge in [-0.3, -0.25) is 43.2 Å². The summed E-state index contributed by atoms with van der Waals surface area (Å²) < 4.78 is 100. The van der Waals surface area contributed by atoms with E-state index in [9.17, 15) is 28.8 Å². The van der Waals surface area contributed by atoms with Crippen LogP contribution in [0.5, 0.6) is 17.2 Å². The Balaban J connectivity index is 0.883. The molecule has 9 aromatic rings. The highest BCUT2D eigenvalue weighted by Crippen LogP contribution is 2.54. The predicted molar refractivity (Wildman–Crippen MR) is 478 cm³/mol. The van der Waals surface area contributed by atoms with Crippen LogP contribution in [0.15, 0.2) is 200 Å². The van der Waals surface area contributed by atoms with Crippen molar-refractivity contribution in [2.24, 2.45) is 5.41 Å². The van der Waals surface area contributed by atoms with Crippen molar-refractivity contribution in [1.29, 1.82) is 0 Å². The van der Waals surface area contributed by atoms with Gasteiger partial charge in [0.05, 0.1) is 43.9 Å². The van der Waals surface area contributed by atoms with Gasteiger partial charge < -0.3 is 56.3 Å². The van der Waals surface area contributed by atoms with E-state index in [1.165, 1.54) is 20.8 Å². The normalized spacial score (nSPS) is 13.2. The fraction of sp³-hybridized carbons (Fsp3) is 0.364. The zero-order chi connectivity index (χ0) is 90.3. The number of aryl methyl sites for hydroxylation is 3. The first kappa shape index (κ1) is 95.7. The Hall–Kier alpha value is -11.1. The fourth-order valence-corrected chi connectivity index (χ4v) is 22.6. The molecule has 24 heteroatoms. The molecule has 0 saturated heterocycles. The Labute approximate surface area is 722 Å². The average Bonchev–Trinajstić information content (AvgIpc) is 0.751. The van der Waals surface area contributed by atoms with Crippen LogP contribution in [-0.4, -0.2) is 91.1 Å². The Bertz CT molecular complexity index is 4850. The second-order valence-electron chi connectivity index (χ2n) is 34.1. The first-order chi connectivity index (χ1) is 57.9. The van der Waals surface area contributed by atoms with Gasteiger partial charge in [0, 0.05) is 103 Å². The third-order valence-electron chi connectivity index (χ3n) is 21.5. The molecule has 0 aliphatic rings. The molecule has 3 unspecified atom stereocenters. The smallest absolute Gasteiger partial charge is 0.309 e. The molecule has 0 amide bonds. The lowest BCUT2D eigenvalue weighted by atomic mass is 9.83. The number of carbonyl (C=O) groups is 9. The Morgan fingerprint density at radius 1 is 0.301 bits per heavy atom. The molecular formula is C99H113O21P3. The minimum absolute atomic E-state index is 0.0284. The second kappa shape index (κ2) is 40.5. The van der Waals surface area contributed by atoms with Crippen LogP contribution in [0.3, 0.4) is 0 Å². The number of rotatable bonds is 37. The van der Waals surface area contributed by atoms with Crippen molar-refractivity contribution in [3.8, 4) is 17.2 Å². The SMILES string of the molecule is CCC(COC(=O)CCC(=O)OC(C)Oc1c(C(C)(C)C)cc(C)c(C(=O)P(=O)(c2ccccc2)c2ccccc2)c1C)(COC(=O)CCC(=O)OC(C)Oc1c(C(C)(C)C)cc(C)c(C(=O)P(=O)(c2ccccc2)c2ccccc2)c1C)COC(=O)CCC(=O)OC(C)Oc1c(C(C)(C)C)cc(C)c(C(=O)P(=O)(c2ccccc2)c2ccccc2)c1C. The van der Waals surface area contributed by atoms with Crippen molar-refractivity contribution < 1.29 is 99.5 Å².